The topological polar surface area (TPSA) is 51.0 Å². The predicted molar refractivity (Wildman–Crippen MR) is 50.8 cm³/mol. The van der Waals surface area contributed by atoms with Gasteiger partial charge in [0.05, 0.1) is 0 Å². The molecule has 2 unspecified atom stereocenters. The third kappa shape index (κ3) is 1.25. The molecule has 1 aromatic heterocycles. The van der Waals surface area contributed by atoms with Crippen LogP contribution >= 0.6 is 0 Å². The molecule has 1 N–H and O–H groups in total. The molecule has 1 spiro atoms. The van der Waals surface area contributed by atoms with Gasteiger partial charge in [-0.25, -0.2) is 0 Å². The first-order chi connectivity index (χ1) is 6.88. The van der Waals surface area contributed by atoms with Gasteiger partial charge < -0.3 is 9.84 Å². The van der Waals surface area contributed by atoms with Crippen LogP contribution in [0.4, 0.5) is 0 Å². The SMILES string of the molecule is c1noc(C2CCC3(CCNC3)C2)n1. The summed E-state index contributed by atoms with van der Waals surface area (Å²) in [6, 6.07) is 0. The third-order valence-electron chi connectivity index (χ3n) is 3.76. The van der Waals surface area contributed by atoms with Crippen molar-refractivity contribution in [3.05, 3.63) is 12.2 Å². The van der Waals surface area contributed by atoms with Crippen LogP contribution in [-0.4, -0.2) is 23.2 Å². The van der Waals surface area contributed by atoms with Gasteiger partial charge in [0.1, 0.15) is 0 Å². The highest BCUT2D eigenvalue weighted by molar-refractivity contribution is 5.03. The van der Waals surface area contributed by atoms with E-state index >= 15 is 0 Å². The Hall–Kier alpha value is -0.900. The molecule has 0 radical (unpaired) electrons. The Morgan fingerprint density at radius 2 is 2.50 bits per heavy atom. The zero-order valence-corrected chi connectivity index (χ0v) is 8.20. The molecule has 2 aliphatic rings. The van der Waals surface area contributed by atoms with Gasteiger partial charge in [0.2, 0.25) is 5.89 Å². The number of hydrogen-bond donors (Lipinski definition) is 1. The third-order valence-corrected chi connectivity index (χ3v) is 3.76. The molecule has 0 aromatic carbocycles. The molecule has 0 bridgehead atoms. The Morgan fingerprint density at radius 1 is 1.50 bits per heavy atom. The Morgan fingerprint density at radius 3 is 3.21 bits per heavy atom. The fourth-order valence-corrected chi connectivity index (χ4v) is 2.96. The fraction of sp³-hybridized carbons (Fsp3) is 0.800. The molecule has 1 saturated carbocycles. The van der Waals surface area contributed by atoms with Crippen molar-refractivity contribution in [3.63, 3.8) is 0 Å². The van der Waals surface area contributed by atoms with Gasteiger partial charge in [0, 0.05) is 12.5 Å². The lowest BCUT2D eigenvalue weighted by molar-refractivity contribution is 0.309. The minimum absolute atomic E-state index is 0.511. The van der Waals surface area contributed by atoms with E-state index < -0.39 is 0 Å². The van der Waals surface area contributed by atoms with Gasteiger partial charge in [-0.15, -0.1) is 0 Å². The van der Waals surface area contributed by atoms with Gasteiger partial charge in [-0.05, 0) is 37.6 Å². The molecule has 2 heterocycles. The van der Waals surface area contributed by atoms with Crippen molar-refractivity contribution in [2.45, 2.75) is 31.6 Å². The van der Waals surface area contributed by atoms with E-state index in [1.165, 1.54) is 45.1 Å². The molecule has 2 fully saturated rings. The second-order valence-electron chi connectivity index (χ2n) is 4.65. The van der Waals surface area contributed by atoms with Gasteiger partial charge >= 0.3 is 0 Å². The van der Waals surface area contributed by atoms with Crippen LogP contribution in [0.3, 0.4) is 0 Å². The highest BCUT2D eigenvalue weighted by Gasteiger charge is 2.43. The average molecular weight is 193 g/mol. The zero-order chi connectivity index (χ0) is 9.43. The van der Waals surface area contributed by atoms with Crippen molar-refractivity contribution in [2.75, 3.05) is 13.1 Å². The Kier molecular flexibility index (Phi) is 1.83. The smallest absolute Gasteiger partial charge is 0.229 e. The van der Waals surface area contributed by atoms with Gasteiger partial charge in [-0.1, -0.05) is 5.16 Å². The summed E-state index contributed by atoms with van der Waals surface area (Å²) in [5.74, 6) is 1.35. The van der Waals surface area contributed by atoms with Gasteiger partial charge in [-0.3, -0.25) is 0 Å². The average Bonchev–Trinajstić information content (AvgIpc) is 2.91. The molecular formula is C10H15N3O. The van der Waals surface area contributed by atoms with E-state index in [2.05, 4.69) is 15.5 Å². The van der Waals surface area contributed by atoms with E-state index in [-0.39, 0.29) is 0 Å². The summed E-state index contributed by atoms with van der Waals surface area (Å²) in [4.78, 5) is 4.15. The Bertz CT molecular complexity index is 303. The zero-order valence-electron chi connectivity index (χ0n) is 8.20. The first-order valence-corrected chi connectivity index (χ1v) is 5.35. The van der Waals surface area contributed by atoms with Crippen LogP contribution in [0.1, 0.15) is 37.5 Å². The monoisotopic (exact) mass is 193 g/mol. The summed E-state index contributed by atoms with van der Waals surface area (Å²) in [5, 5.41) is 7.13. The second kappa shape index (κ2) is 3.05. The van der Waals surface area contributed by atoms with E-state index in [1.54, 1.807) is 0 Å². The molecule has 1 aliphatic carbocycles. The number of rotatable bonds is 1. The molecular weight excluding hydrogens is 178 g/mol. The summed E-state index contributed by atoms with van der Waals surface area (Å²) in [6.45, 7) is 2.36. The van der Waals surface area contributed by atoms with Crippen LogP contribution < -0.4 is 5.32 Å². The van der Waals surface area contributed by atoms with E-state index in [0.717, 1.165) is 5.89 Å². The lowest BCUT2D eigenvalue weighted by Crippen LogP contribution is -2.20. The molecule has 4 nitrogen and oxygen atoms in total. The van der Waals surface area contributed by atoms with Crippen molar-refractivity contribution in [3.8, 4) is 0 Å². The number of nitrogens with zero attached hydrogens (tertiary/aromatic N) is 2. The molecule has 76 valence electrons. The molecule has 0 amide bonds. The second-order valence-corrected chi connectivity index (χ2v) is 4.65. The van der Waals surface area contributed by atoms with Crippen molar-refractivity contribution < 1.29 is 4.52 Å². The fourth-order valence-electron chi connectivity index (χ4n) is 2.96. The van der Waals surface area contributed by atoms with E-state index in [4.69, 9.17) is 4.52 Å². The molecule has 1 saturated heterocycles. The first kappa shape index (κ1) is 8.41. The molecule has 14 heavy (non-hydrogen) atoms. The van der Waals surface area contributed by atoms with Crippen molar-refractivity contribution in [1.29, 1.82) is 0 Å². The summed E-state index contributed by atoms with van der Waals surface area (Å²) in [5.41, 5.74) is 0.541. The molecule has 1 aromatic rings. The largest absolute Gasteiger partial charge is 0.339 e. The molecule has 2 atom stereocenters. The number of aromatic nitrogens is 2. The predicted octanol–water partition coefficient (Wildman–Crippen LogP) is 1.32. The Labute approximate surface area is 83.1 Å². The Balaban J connectivity index is 1.75. The van der Waals surface area contributed by atoms with Crippen LogP contribution in [0.15, 0.2) is 10.9 Å². The van der Waals surface area contributed by atoms with Crippen LogP contribution in [0.25, 0.3) is 0 Å². The molecule has 4 heteroatoms. The summed E-state index contributed by atoms with van der Waals surface area (Å²) >= 11 is 0. The van der Waals surface area contributed by atoms with Crippen molar-refractivity contribution in [1.82, 2.24) is 15.5 Å². The summed E-state index contributed by atoms with van der Waals surface area (Å²) in [7, 11) is 0. The van der Waals surface area contributed by atoms with Crippen LogP contribution in [0, 0.1) is 5.41 Å². The van der Waals surface area contributed by atoms with Gasteiger partial charge in [0.15, 0.2) is 6.33 Å². The number of nitrogens with one attached hydrogen (secondary N) is 1. The maximum Gasteiger partial charge on any atom is 0.229 e. The first-order valence-electron chi connectivity index (χ1n) is 5.35. The highest BCUT2D eigenvalue weighted by atomic mass is 16.5. The van der Waals surface area contributed by atoms with Gasteiger partial charge in [-0.2, -0.15) is 4.98 Å². The normalized spacial score (nSPS) is 37.0. The summed E-state index contributed by atoms with van der Waals surface area (Å²) < 4.78 is 5.14. The lowest BCUT2D eigenvalue weighted by Gasteiger charge is -2.20. The molecule has 1 aliphatic heterocycles. The highest BCUT2D eigenvalue weighted by Crippen LogP contribution is 2.49. The van der Waals surface area contributed by atoms with Crippen molar-refractivity contribution >= 4 is 0 Å². The van der Waals surface area contributed by atoms with E-state index in [1.807, 2.05) is 0 Å². The maximum atomic E-state index is 5.14. The van der Waals surface area contributed by atoms with Crippen LogP contribution in [0.2, 0.25) is 0 Å². The lowest BCUT2D eigenvalue weighted by atomic mass is 9.84. The minimum atomic E-state index is 0.511. The van der Waals surface area contributed by atoms with Crippen molar-refractivity contribution in [2.24, 2.45) is 5.41 Å². The quantitative estimate of drug-likeness (QED) is 0.730. The minimum Gasteiger partial charge on any atom is -0.339 e. The van der Waals surface area contributed by atoms with E-state index in [0.29, 0.717) is 11.3 Å². The standard InChI is InChI=1S/C10H15N3O/c1-2-10(3-4-11-6-10)5-8(1)9-12-7-13-14-9/h7-8,11H,1-6H2. The molecule has 3 rings (SSSR count). The van der Waals surface area contributed by atoms with Crippen LogP contribution in [-0.2, 0) is 0 Å². The van der Waals surface area contributed by atoms with Crippen LogP contribution in [0.5, 0.6) is 0 Å². The maximum absolute atomic E-state index is 5.14. The summed E-state index contributed by atoms with van der Waals surface area (Å²) in [6.07, 6.45) is 6.57. The van der Waals surface area contributed by atoms with E-state index in [9.17, 15) is 0 Å². The van der Waals surface area contributed by atoms with Gasteiger partial charge in [0.25, 0.3) is 0 Å². The number of hydrogen-bond acceptors (Lipinski definition) is 4.